The number of carbonyl (C=O) groups excluding carboxylic acids is 1. The zero-order chi connectivity index (χ0) is 22.8. The summed E-state index contributed by atoms with van der Waals surface area (Å²) in [6, 6.07) is 12.4. The van der Waals surface area contributed by atoms with Gasteiger partial charge in [-0.2, -0.15) is 0 Å². The molecule has 31 heavy (non-hydrogen) atoms. The zero-order valence-corrected chi connectivity index (χ0v) is 18.6. The van der Waals surface area contributed by atoms with E-state index in [0.29, 0.717) is 17.0 Å². The van der Waals surface area contributed by atoms with Crippen molar-refractivity contribution in [1.82, 2.24) is 9.97 Å². The van der Waals surface area contributed by atoms with Crippen LogP contribution in [-0.2, 0) is 20.0 Å². The first-order valence-electron chi connectivity index (χ1n) is 9.05. The molecule has 3 rings (SSSR count). The second-order valence-electron chi connectivity index (χ2n) is 6.79. The van der Waals surface area contributed by atoms with Gasteiger partial charge in [0.15, 0.2) is 5.78 Å². The summed E-state index contributed by atoms with van der Waals surface area (Å²) in [4.78, 5) is 19.3. The van der Waals surface area contributed by atoms with Crippen LogP contribution >= 0.6 is 0 Å². The maximum absolute atomic E-state index is 12.6. The predicted octanol–water partition coefficient (Wildman–Crippen LogP) is 2.90. The third kappa shape index (κ3) is 5.44. The number of anilines is 2. The van der Waals surface area contributed by atoms with E-state index in [9.17, 15) is 21.6 Å². The third-order valence-corrected chi connectivity index (χ3v) is 6.94. The Morgan fingerprint density at radius 3 is 1.68 bits per heavy atom. The number of hydrogen-bond acceptors (Lipinski definition) is 7. The number of sulfonamides is 2. The highest BCUT2D eigenvalue weighted by atomic mass is 32.2. The van der Waals surface area contributed by atoms with E-state index in [1.807, 2.05) is 0 Å². The van der Waals surface area contributed by atoms with Gasteiger partial charge >= 0.3 is 0 Å². The molecule has 11 heteroatoms. The van der Waals surface area contributed by atoms with Crippen LogP contribution in [0.3, 0.4) is 0 Å². The van der Waals surface area contributed by atoms with Crippen LogP contribution < -0.4 is 9.44 Å². The number of nitrogens with one attached hydrogen (secondary N) is 2. The van der Waals surface area contributed by atoms with E-state index in [-0.39, 0.29) is 27.2 Å². The van der Waals surface area contributed by atoms with Gasteiger partial charge in [-0.1, -0.05) is 12.1 Å². The lowest BCUT2D eigenvalue weighted by Gasteiger charge is -2.10. The van der Waals surface area contributed by atoms with Gasteiger partial charge in [0.25, 0.3) is 20.0 Å². The SMILES string of the molecule is CC(=O)c1ccc(S(=O)(=O)Nc2ccc(S(=O)(=O)Nc3nc(C)cc(C)n3)cc2)cc1. The Morgan fingerprint density at radius 2 is 1.19 bits per heavy atom. The molecule has 0 amide bonds. The van der Waals surface area contributed by atoms with Crippen LogP contribution in [0.4, 0.5) is 11.6 Å². The van der Waals surface area contributed by atoms with E-state index in [1.165, 1.54) is 55.5 Å². The van der Waals surface area contributed by atoms with Crippen molar-refractivity contribution in [3.05, 3.63) is 71.5 Å². The monoisotopic (exact) mass is 460 g/mol. The summed E-state index contributed by atoms with van der Waals surface area (Å²) in [7, 11) is -7.87. The highest BCUT2D eigenvalue weighted by Gasteiger charge is 2.18. The molecule has 0 atom stereocenters. The fourth-order valence-electron chi connectivity index (χ4n) is 2.74. The molecule has 162 valence electrons. The van der Waals surface area contributed by atoms with Crippen molar-refractivity contribution in [3.63, 3.8) is 0 Å². The maximum atomic E-state index is 12.6. The zero-order valence-electron chi connectivity index (χ0n) is 16.9. The van der Waals surface area contributed by atoms with Gasteiger partial charge in [0.05, 0.1) is 9.79 Å². The molecule has 0 aliphatic heterocycles. The number of ketones is 1. The van der Waals surface area contributed by atoms with Crippen molar-refractivity contribution in [2.75, 3.05) is 9.44 Å². The van der Waals surface area contributed by atoms with Gasteiger partial charge in [0.1, 0.15) is 0 Å². The number of rotatable bonds is 7. The maximum Gasteiger partial charge on any atom is 0.264 e. The molecule has 9 nitrogen and oxygen atoms in total. The summed E-state index contributed by atoms with van der Waals surface area (Å²) in [6.45, 7) is 4.83. The number of aromatic nitrogens is 2. The molecule has 0 bridgehead atoms. The molecule has 3 aromatic rings. The summed E-state index contributed by atoms with van der Waals surface area (Å²) in [5.41, 5.74) is 1.81. The van der Waals surface area contributed by atoms with Gasteiger partial charge in [0, 0.05) is 22.6 Å². The first-order valence-corrected chi connectivity index (χ1v) is 12.0. The van der Waals surface area contributed by atoms with Crippen LogP contribution in [-0.4, -0.2) is 32.6 Å². The largest absolute Gasteiger partial charge is 0.295 e. The Labute approximate surface area is 180 Å². The van der Waals surface area contributed by atoms with Crippen molar-refractivity contribution in [2.45, 2.75) is 30.6 Å². The molecule has 2 aromatic carbocycles. The van der Waals surface area contributed by atoms with Gasteiger partial charge in [-0.05, 0) is 63.2 Å². The summed E-state index contributed by atoms with van der Waals surface area (Å²) in [5.74, 6) is -0.218. The minimum atomic E-state index is -3.96. The normalized spacial score (nSPS) is 11.7. The number of benzene rings is 2. The van der Waals surface area contributed by atoms with E-state index < -0.39 is 20.0 Å². The standard InChI is InChI=1S/C20H20N4O5S2/c1-13-12-14(2)22-20(21-13)24-31(28,29)19-10-6-17(7-11-19)23-30(26,27)18-8-4-16(5-9-18)15(3)25/h4-12,23H,1-3H3,(H,21,22,24). The lowest BCUT2D eigenvalue weighted by Crippen LogP contribution is -2.16. The molecule has 0 saturated carbocycles. The molecule has 1 aromatic heterocycles. The number of aryl methyl sites for hydroxylation is 2. The van der Waals surface area contributed by atoms with E-state index in [1.54, 1.807) is 19.9 Å². The number of carbonyl (C=O) groups is 1. The van der Waals surface area contributed by atoms with Crippen molar-refractivity contribution >= 4 is 37.5 Å². The lowest BCUT2D eigenvalue weighted by molar-refractivity contribution is 0.101. The summed E-state index contributed by atoms with van der Waals surface area (Å²) in [6.07, 6.45) is 0. The molecule has 0 saturated heterocycles. The minimum Gasteiger partial charge on any atom is -0.295 e. The third-order valence-electron chi connectivity index (χ3n) is 4.20. The van der Waals surface area contributed by atoms with Crippen LogP contribution in [0.2, 0.25) is 0 Å². The van der Waals surface area contributed by atoms with E-state index in [4.69, 9.17) is 0 Å². The molecule has 2 N–H and O–H groups in total. The Kier molecular flexibility index (Phi) is 6.09. The first-order chi connectivity index (χ1) is 14.5. The lowest BCUT2D eigenvalue weighted by atomic mass is 10.2. The summed E-state index contributed by atoms with van der Waals surface area (Å²) < 4.78 is 54.9. The van der Waals surface area contributed by atoms with Gasteiger partial charge in [-0.15, -0.1) is 0 Å². The summed E-state index contributed by atoms with van der Waals surface area (Å²) >= 11 is 0. The number of hydrogen-bond donors (Lipinski definition) is 2. The van der Waals surface area contributed by atoms with Crippen LogP contribution in [0.1, 0.15) is 28.7 Å². The van der Waals surface area contributed by atoms with Gasteiger partial charge in [-0.25, -0.2) is 31.5 Å². The molecular formula is C20H20N4O5S2. The Balaban J connectivity index is 1.78. The molecule has 0 spiro atoms. The van der Waals surface area contributed by atoms with E-state index in [2.05, 4.69) is 19.4 Å². The average molecular weight is 461 g/mol. The Morgan fingerprint density at radius 1 is 0.742 bits per heavy atom. The average Bonchev–Trinajstić information content (AvgIpc) is 2.67. The molecule has 0 radical (unpaired) electrons. The van der Waals surface area contributed by atoms with Gasteiger partial charge in [-0.3, -0.25) is 9.52 Å². The minimum absolute atomic E-state index is 0.0252. The van der Waals surface area contributed by atoms with Gasteiger partial charge < -0.3 is 0 Å². The van der Waals surface area contributed by atoms with Crippen LogP contribution in [0.5, 0.6) is 0 Å². The summed E-state index contributed by atoms with van der Waals surface area (Å²) in [5, 5.41) is 0. The van der Waals surface area contributed by atoms with Crippen molar-refractivity contribution in [3.8, 4) is 0 Å². The van der Waals surface area contributed by atoms with Crippen molar-refractivity contribution < 1.29 is 21.6 Å². The van der Waals surface area contributed by atoms with Crippen LogP contribution in [0.25, 0.3) is 0 Å². The number of Topliss-reactive ketones (excluding diaryl/α,β-unsaturated/α-hetero) is 1. The fraction of sp³-hybridized carbons (Fsp3) is 0.150. The van der Waals surface area contributed by atoms with Crippen molar-refractivity contribution in [1.29, 1.82) is 0 Å². The second-order valence-corrected chi connectivity index (χ2v) is 10.2. The number of nitrogens with zero attached hydrogens (tertiary/aromatic N) is 2. The van der Waals surface area contributed by atoms with Crippen LogP contribution in [0.15, 0.2) is 64.4 Å². The topological polar surface area (TPSA) is 135 Å². The quantitative estimate of drug-likeness (QED) is 0.518. The highest BCUT2D eigenvalue weighted by molar-refractivity contribution is 7.93. The fourth-order valence-corrected chi connectivity index (χ4v) is 4.74. The van der Waals surface area contributed by atoms with E-state index in [0.717, 1.165) is 0 Å². The van der Waals surface area contributed by atoms with Gasteiger partial charge in [0.2, 0.25) is 5.95 Å². The smallest absolute Gasteiger partial charge is 0.264 e. The molecule has 0 unspecified atom stereocenters. The van der Waals surface area contributed by atoms with Crippen molar-refractivity contribution in [2.24, 2.45) is 0 Å². The highest BCUT2D eigenvalue weighted by Crippen LogP contribution is 2.20. The van der Waals surface area contributed by atoms with Crippen LogP contribution in [0, 0.1) is 13.8 Å². The molecule has 0 aliphatic rings. The molecule has 1 heterocycles. The van der Waals surface area contributed by atoms with E-state index >= 15 is 0 Å². The first kappa shape index (κ1) is 22.4. The molecule has 0 fully saturated rings. The Hall–Kier alpha value is -3.31. The Bertz CT molecular complexity index is 1320. The molecule has 0 aliphatic carbocycles. The predicted molar refractivity (Wildman–Crippen MR) is 116 cm³/mol. The second kappa shape index (κ2) is 8.44. The molecular weight excluding hydrogens is 440 g/mol.